The van der Waals surface area contributed by atoms with Crippen molar-refractivity contribution >= 4 is 5.91 Å². The van der Waals surface area contributed by atoms with Crippen molar-refractivity contribution < 1.29 is 9.90 Å². The van der Waals surface area contributed by atoms with Crippen LogP contribution in [0.2, 0.25) is 0 Å². The molecule has 2 N–H and O–H groups in total. The molecule has 2 aromatic carbocycles. The fourth-order valence-electron chi connectivity index (χ4n) is 2.66. The molecule has 0 radical (unpaired) electrons. The molecule has 0 heterocycles. The van der Waals surface area contributed by atoms with E-state index >= 15 is 0 Å². The topological polar surface area (TPSA) is 52.6 Å². The highest BCUT2D eigenvalue weighted by Crippen LogP contribution is 2.11. The lowest BCUT2D eigenvalue weighted by atomic mass is 10.0. The number of carbonyl (C=O) groups excluding carboxylic acids is 1. The van der Waals surface area contributed by atoms with Crippen LogP contribution in [0.15, 0.2) is 54.6 Å². The summed E-state index contributed by atoms with van der Waals surface area (Å²) in [7, 11) is 2.07. The summed E-state index contributed by atoms with van der Waals surface area (Å²) in [5.41, 5.74) is 3.03. The van der Waals surface area contributed by atoms with Crippen molar-refractivity contribution in [3.63, 3.8) is 0 Å². The number of hydrogen-bond donors (Lipinski definition) is 2. The first-order valence-corrected chi connectivity index (χ1v) is 8.72. The summed E-state index contributed by atoms with van der Waals surface area (Å²) in [5.74, 6) is -0.0653. The molecule has 0 aliphatic rings. The Labute approximate surface area is 150 Å². The number of hydrogen-bond acceptors (Lipinski definition) is 3. The van der Waals surface area contributed by atoms with Crippen molar-refractivity contribution in [1.82, 2.24) is 10.2 Å². The van der Waals surface area contributed by atoms with Gasteiger partial charge in [-0.25, -0.2) is 0 Å². The number of nitrogens with zero attached hydrogens (tertiary/aromatic N) is 1. The molecule has 1 amide bonds. The summed E-state index contributed by atoms with van der Waals surface area (Å²) in [6, 6.07) is 18.0. The quantitative estimate of drug-likeness (QED) is 0.776. The minimum atomic E-state index is -0.0969. The van der Waals surface area contributed by atoms with Crippen molar-refractivity contribution in [1.29, 1.82) is 0 Å². The molecule has 4 nitrogen and oxygen atoms in total. The molecular formula is C21H28N2O2. The predicted molar refractivity (Wildman–Crippen MR) is 101 cm³/mol. The highest BCUT2D eigenvalue weighted by molar-refractivity contribution is 5.94. The summed E-state index contributed by atoms with van der Waals surface area (Å²) in [6.07, 6.45) is 0. The molecule has 2 rings (SSSR count). The molecule has 0 saturated carbocycles. The third-order valence-electron chi connectivity index (χ3n) is 4.44. The summed E-state index contributed by atoms with van der Waals surface area (Å²) >= 11 is 0. The molecule has 2 unspecified atom stereocenters. The standard InChI is InChI=1S/C21H28N2O2/c1-16(15-24)17(2)22-21(25)20-11-7-10-19(12-20)14-23(3)13-18-8-5-4-6-9-18/h4-12,16-17,24H,13-15H2,1-3H3,(H,22,25). The number of carbonyl (C=O) groups is 1. The van der Waals surface area contributed by atoms with Crippen LogP contribution in [0, 0.1) is 5.92 Å². The minimum Gasteiger partial charge on any atom is -0.396 e. The third-order valence-corrected chi connectivity index (χ3v) is 4.44. The highest BCUT2D eigenvalue weighted by atomic mass is 16.3. The fourth-order valence-corrected chi connectivity index (χ4v) is 2.66. The average Bonchev–Trinajstić information content (AvgIpc) is 2.61. The molecular weight excluding hydrogens is 312 g/mol. The Balaban J connectivity index is 1.97. The van der Waals surface area contributed by atoms with Crippen molar-refractivity contribution in [2.75, 3.05) is 13.7 Å². The van der Waals surface area contributed by atoms with Gasteiger partial charge in [-0.2, -0.15) is 0 Å². The van der Waals surface area contributed by atoms with Gasteiger partial charge in [0.15, 0.2) is 0 Å². The fraction of sp³-hybridized carbons (Fsp3) is 0.381. The largest absolute Gasteiger partial charge is 0.396 e. The number of rotatable bonds is 8. The summed E-state index contributed by atoms with van der Waals surface area (Å²) in [6.45, 7) is 5.53. The lowest BCUT2D eigenvalue weighted by Crippen LogP contribution is -2.38. The molecule has 0 aromatic heterocycles. The van der Waals surface area contributed by atoms with Crippen molar-refractivity contribution in [3.05, 3.63) is 71.3 Å². The highest BCUT2D eigenvalue weighted by Gasteiger charge is 2.15. The zero-order chi connectivity index (χ0) is 18.2. The zero-order valence-electron chi connectivity index (χ0n) is 15.3. The van der Waals surface area contributed by atoms with Crippen LogP contribution in [-0.2, 0) is 13.1 Å². The average molecular weight is 340 g/mol. The second kappa shape index (κ2) is 9.35. The van der Waals surface area contributed by atoms with Gasteiger partial charge in [0.2, 0.25) is 0 Å². The van der Waals surface area contributed by atoms with E-state index in [-0.39, 0.29) is 24.5 Å². The molecule has 2 aromatic rings. The zero-order valence-corrected chi connectivity index (χ0v) is 15.3. The van der Waals surface area contributed by atoms with Crippen molar-refractivity contribution in [3.8, 4) is 0 Å². The Kier molecular flexibility index (Phi) is 7.16. The maximum atomic E-state index is 12.4. The van der Waals surface area contributed by atoms with E-state index in [1.807, 2.05) is 56.3 Å². The van der Waals surface area contributed by atoms with Gasteiger partial charge in [-0.05, 0) is 43.1 Å². The molecule has 134 valence electrons. The van der Waals surface area contributed by atoms with Gasteiger partial charge in [0.1, 0.15) is 0 Å². The molecule has 2 atom stereocenters. The summed E-state index contributed by atoms with van der Waals surface area (Å²) in [4.78, 5) is 14.6. The lowest BCUT2D eigenvalue weighted by molar-refractivity contribution is 0.0916. The van der Waals surface area contributed by atoms with Gasteiger partial charge in [0.25, 0.3) is 5.91 Å². The van der Waals surface area contributed by atoms with Gasteiger partial charge in [0.05, 0.1) is 0 Å². The third kappa shape index (κ3) is 6.00. The van der Waals surface area contributed by atoms with Crippen LogP contribution in [0.5, 0.6) is 0 Å². The van der Waals surface area contributed by atoms with E-state index in [0.29, 0.717) is 5.56 Å². The van der Waals surface area contributed by atoms with Crippen LogP contribution in [0.1, 0.15) is 35.3 Å². The Bertz CT molecular complexity index is 673. The monoisotopic (exact) mass is 340 g/mol. The van der Waals surface area contributed by atoms with E-state index < -0.39 is 0 Å². The molecule has 4 heteroatoms. The normalized spacial score (nSPS) is 13.5. The second-order valence-electron chi connectivity index (χ2n) is 6.78. The molecule has 0 saturated heterocycles. The molecule has 0 aliphatic carbocycles. The SMILES string of the molecule is CC(CO)C(C)NC(=O)c1cccc(CN(C)Cc2ccccc2)c1. The minimum absolute atomic E-state index is 0.0316. The molecule has 25 heavy (non-hydrogen) atoms. The molecule has 0 bridgehead atoms. The van der Waals surface area contributed by atoms with Gasteiger partial charge in [-0.1, -0.05) is 49.4 Å². The first-order valence-electron chi connectivity index (χ1n) is 8.72. The Morgan fingerprint density at radius 2 is 1.68 bits per heavy atom. The Hall–Kier alpha value is -2.17. The molecule has 0 aliphatic heterocycles. The first-order chi connectivity index (χ1) is 12.0. The van der Waals surface area contributed by atoms with Crippen LogP contribution < -0.4 is 5.32 Å². The summed E-state index contributed by atoms with van der Waals surface area (Å²) < 4.78 is 0. The van der Waals surface area contributed by atoms with Crippen LogP contribution in [-0.4, -0.2) is 35.6 Å². The predicted octanol–water partition coefficient (Wildman–Crippen LogP) is 3.07. The van der Waals surface area contributed by atoms with Crippen LogP contribution in [0.3, 0.4) is 0 Å². The van der Waals surface area contributed by atoms with E-state index in [2.05, 4.69) is 29.4 Å². The van der Waals surface area contributed by atoms with Crippen molar-refractivity contribution in [2.24, 2.45) is 5.92 Å². The maximum absolute atomic E-state index is 12.4. The Morgan fingerprint density at radius 1 is 1.04 bits per heavy atom. The summed E-state index contributed by atoms with van der Waals surface area (Å²) in [5, 5.41) is 12.2. The van der Waals surface area contributed by atoms with Gasteiger partial charge in [-0.15, -0.1) is 0 Å². The van der Waals surface area contributed by atoms with E-state index in [0.717, 1.165) is 18.7 Å². The first kappa shape index (κ1) is 19.2. The number of amides is 1. The molecule has 0 spiro atoms. The van der Waals surface area contributed by atoms with Gasteiger partial charge >= 0.3 is 0 Å². The van der Waals surface area contributed by atoms with E-state index in [4.69, 9.17) is 0 Å². The van der Waals surface area contributed by atoms with Crippen LogP contribution >= 0.6 is 0 Å². The van der Waals surface area contributed by atoms with E-state index in [1.165, 1.54) is 5.56 Å². The smallest absolute Gasteiger partial charge is 0.251 e. The lowest BCUT2D eigenvalue weighted by Gasteiger charge is -2.20. The number of aliphatic hydroxyl groups excluding tert-OH is 1. The van der Waals surface area contributed by atoms with Crippen molar-refractivity contribution in [2.45, 2.75) is 33.0 Å². The van der Waals surface area contributed by atoms with Gasteiger partial charge in [-0.3, -0.25) is 9.69 Å². The number of benzene rings is 2. The van der Waals surface area contributed by atoms with Gasteiger partial charge in [0, 0.05) is 31.3 Å². The van der Waals surface area contributed by atoms with Gasteiger partial charge < -0.3 is 10.4 Å². The Morgan fingerprint density at radius 3 is 2.36 bits per heavy atom. The number of nitrogens with one attached hydrogen (secondary N) is 1. The second-order valence-corrected chi connectivity index (χ2v) is 6.78. The molecule has 0 fully saturated rings. The van der Waals surface area contributed by atoms with E-state index in [9.17, 15) is 9.90 Å². The number of aliphatic hydroxyl groups is 1. The van der Waals surface area contributed by atoms with Crippen LogP contribution in [0.25, 0.3) is 0 Å². The van der Waals surface area contributed by atoms with Crippen LogP contribution in [0.4, 0.5) is 0 Å². The maximum Gasteiger partial charge on any atom is 0.251 e. The van der Waals surface area contributed by atoms with E-state index in [1.54, 1.807) is 0 Å².